The van der Waals surface area contributed by atoms with Crippen LogP contribution in [0.5, 0.6) is 0 Å². The zero-order valence-corrected chi connectivity index (χ0v) is 16.3. The molecule has 0 bridgehead atoms. The van der Waals surface area contributed by atoms with Crippen molar-refractivity contribution in [2.75, 3.05) is 18.4 Å². The summed E-state index contributed by atoms with van der Waals surface area (Å²) in [4.78, 5) is 28.5. The third-order valence-corrected chi connectivity index (χ3v) is 4.36. The van der Waals surface area contributed by atoms with Crippen LogP contribution in [0.2, 0.25) is 0 Å². The molecule has 2 N–H and O–H groups in total. The van der Waals surface area contributed by atoms with Gasteiger partial charge in [-0.3, -0.25) is 4.79 Å². The van der Waals surface area contributed by atoms with Gasteiger partial charge in [0, 0.05) is 55.5 Å². The Labute approximate surface area is 168 Å². The van der Waals surface area contributed by atoms with Crippen molar-refractivity contribution in [3.63, 3.8) is 0 Å². The van der Waals surface area contributed by atoms with E-state index in [4.69, 9.17) is 4.42 Å². The summed E-state index contributed by atoms with van der Waals surface area (Å²) in [6, 6.07) is 6.73. The minimum Gasteiger partial charge on any atom is -0.423 e. The largest absolute Gasteiger partial charge is 0.423 e. The number of halogens is 2. The van der Waals surface area contributed by atoms with Crippen LogP contribution in [0.1, 0.15) is 21.9 Å². The first-order valence-electron chi connectivity index (χ1n) is 8.23. The average Bonchev–Trinajstić information content (AvgIpc) is 2.85. The summed E-state index contributed by atoms with van der Waals surface area (Å²) in [6.07, 6.45) is 2.58. The molecule has 0 atom stereocenters. The maximum atomic E-state index is 12.5. The molecule has 0 spiro atoms. The monoisotopic (exact) mass is 410 g/mol. The van der Waals surface area contributed by atoms with Gasteiger partial charge in [-0.2, -0.15) is 0 Å². The molecule has 3 heterocycles. The number of nitrogens with zero attached hydrogens (tertiary/aromatic N) is 2. The van der Waals surface area contributed by atoms with E-state index >= 15 is 0 Å². The van der Waals surface area contributed by atoms with Crippen molar-refractivity contribution in [1.82, 2.24) is 14.9 Å². The Hall–Kier alpha value is -2.35. The Morgan fingerprint density at radius 2 is 2.07 bits per heavy atom. The number of carbonyl (C=O) groups excluding carboxylic acids is 1. The number of aromatic nitrogens is 2. The minimum absolute atomic E-state index is 0. The van der Waals surface area contributed by atoms with Gasteiger partial charge >= 0.3 is 5.63 Å². The second kappa shape index (κ2) is 8.56. The number of rotatable bonds is 2. The van der Waals surface area contributed by atoms with Gasteiger partial charge in [0.15, 0.2) is 0 Å². The molecule has 4 rings (SSSR count). The molecule has 0 fully saturated rings. The molecule has 0 radical (unpaired) electrons. The number of aryl methyl sites for hydroxylation is 1. The van der Waals surface area contributed by atoms with Gasteiger partial charge in [0.05, 0.1) is 0 Å². The predicted molar refractivity (Wildman–Crippen MR) is 108 cm³/mol. The van der Waals surface area contributed by atoms with Crippen molar-refractivity contribution < 1.29 is 9.21 Å². The summed E-state index contributed by atoms with van der Waals surface area (Å²) in [5.41, 5.74) is 1.85. The standard InChI is InChI=1S/C18H18N4O3.2ClH/c1-11-8-17(23)25-15-9-12(2-3-13(11)15)20-18(24)14-10-22-7-6-19-5-4-16(22)21-14;;/h2-3,8-10,19H,4-7H2,1H3,(H,20,24);2*1H. The number of hydrogen-bond acceptors (Lipinski definition) is 5. The van der Waals surface area contributed by atoms with Gasteiger partial charge in [-0.05, 0) is 24.6 Å². The molecule has 144 valence electrons. The van der Waals surface area contributed by atoms with Crippen molar-refractivity contribution in [3.05, 3.63) is 58.0 Å². The molecule has 0 unspecified atom stereocenters. The molecule has 0 saturated carbocycles. The quantitative estimate of drug-likeness (QED) is 0.633. The van der Waals surface area contributed by atoms with E-state index in [2.05, 4.69) is 15.6 Å². The molecule has 3 aromatic rings. The molecule has 1 aliphatic heterocycles. The normalized spacial score (nSPS) is 13.1. The molecule has 0 aliphatic carbocycles. The summed E-state index contributed by atoms with van der Waals surface area (Å²) in [6.45, 7) is 4.38. The molecule has 1 aliphatic rings. The number of nitrogens with one attached hydrogen (secondary N) is 2. The SMILES string of the molecule is Cc1cc(=O)oc2cc(NC(=O)c3cn4c(n3)CCNCC4)ccc12.Cl.Cl. The number of imidazole rings is 1. The molecule has 7 nitrogen and oxygen atoms in total. The Morgan fingerprint density at radius 3 is 2.89 bits per heavy atom. The molecular weight excluding hydrogens is 391 g/mol. The first kappa shape index (κ1) is 21.0. The zero-order valence-electron chi connectivity index (χ0n) is 14.7. The van der Waals surface area contributed by atoms with Crippen molar-refractivity contribution in [3.8, 4) is 0 Å². The molecular formula is C18H20Cl2N4O3. The Balaban J connectivity index is 0.00000131. The summed E-state index contributed by atoms with van der Waals surface area (Å²) < 4.78 is 7.23. The van der Waals surface area contributed by atoms with Crippen molar-refractivity contribution >= 4 is 47.4 Å². The van der Waals surface area contributed by atoms with E-state index in [0.29, 0.717) is 17.0 Å². The lowest BCUT2D eigenvalue weighted by Crippen LogP contribution is -2.18. The smallest absolute Gasteiger partial charge is 0.336 e. The number of anilines is 1. The van der Waals surface area contributed by atoms with Gasteiger partial charge in [0.1, 0.15) is 17.1 Å². The van der Waals surface area contributed by atoms with Crippen LogP contribution >= 0.6 is 24.8 Å². The molecule has 1 amide bonds. The van der Waals surface area contributed by atoms with E-state index in [1.165, 1.54) is 6.07 Å². The van der Waals surface area contributed by atoms with E-state index < -0.39 is 5.63 Å². The van der Waals surface area contributed by atoms with Crippen molar-refractivity contribution in [2.24, 2.45) is 0 Å². The molecule has 9 heteroatoms. The lowest BCUT2D eigenvalue weighted by Gasteiger charge is -2.06. The highest BCUT2D eigenvalue weighted by Gasteiger charge is 2.16. The van der Waals surface area contributed by atoms with Crippen LogP contribution in [-0.2, 0) is 13.0 Å². The van der Waals surface area contributed by atoms with Crippen LogP contribution < -0.4 is 16.3 Å². The van der Waals surface area contributed by atoms with E-state index in [1.54, 1.807) is 18.3 Å². The maximum absolute atomic E-state index is 12.5. The highest BCUT2D eigenvalue weighted by atomic mass is 35.5. The fourth-order valence-corrected chi connectivity index (χ4v) is 3.08. The van der Waals surface area contributed by atoms with Gasteiger partial charge < -0.3 is 19.6 Å². The lowest BCUT2D eigenvalue weighted by molar-refractivity contribution is 0.102. The van der Waals surface area contributed by atoms with Gasteiger partial charge in [-0.25, -0.2) is 9.78 Å². The second-order valence-electron chi connectivity index (χ2n) is 6.15. The number of carbonyl (C=O) groups is 1. The Bertz CT molecular complexity index is 1010. The fraction of sp³-hybridized carbons (Fsp3) is 0.278. The topological polar surface area (TPSA) is 89.2 Å². The number of fused-ring (bicyclic) bond motifs is 2. The number of benzene rings is 1. The van der Waals surface area contributed by atoms with Gasteiger partial charge in [-0.15, -0.1) is 24.8 Å². The predicted octanol–water partition coefficient (Wildman–Crippen LogP) is 2.54. The maximum Gasteiger partial charge on any atom is 0.336 e. The van der Waals surface area contributed by atoms with Gasteiger partial charge in [0.2, 0.25) is 0 Å². The molecule has 27 heavy (non-hydrogen) atoms. The zero-order chi connectivity index (χ0) is 17.4. The van der Waals surface area contributed by atoms with Crippen LogP contribution in [-0.4, -0.2) is 28.5 Å². The average molecular weight is 411 g/mol. The molecule has 2 aromatic heterocycles. The molecule has 1 aromatic carbocycles. The Morgan fingerprint density at radius 1 is 1.26 bits per heavy atom. The van der Waals surface area contributed by atoms with Crippen LogP contribution in [0.15, 0.2) is 39.7 Å². The fourth-order valence-electron chi connectivity index (χ4n) is 3.08. The first-order chi connectivity index (χ1) is 12.1. The number of amides is 1. The van der Waals surface area contributed by atoms with Gasteiger partial charge in [0.25, 0.3) is 5.91 Å². The summed E-state index contributed by atoms with van der Waals surface area (Å²) in [7, 11) is 0. The Kier molecular flexibility index (Phi) is 6.64. The highest BCUT2D eigenvalue weighted by molar-refractivity contribution is 6.03. The van der Waals surface area contributed by atoms with Crippen LogP contribution in [0.4, 0.5) is 5.69 Å². The van der Waals surface area contributed by atoms with E-state index in [9.17, 15) is 9.59 Å². The molecule has 0 saturated heterocycles. The van der Waals surface area contributed by atoms with E-state index in [-0.39, 0.29) is 30.7 Å². The van der Waals surface area contributed by atoms with Crippen molar-refractivity contribution in [2.45, 2.75) is 19.9 Å². The minimum atomic E-state index is -0.403. The van der Waals surface area contributed by atoms with E-state index in [0.717, 1.165) is 42.8 Å². The van der Waals surface area contributed by atoms with Crippen molar-refractivity contribution in [1.29, 1.82) is 0 Å². The second-order valence-corrected chi connectivity index (χ2v) is 6.15. The van der Waals surface area contributed by atoms with Crippen LogP contribution in [0, 0.1) is 6.92 Å². The first-order valence-corrected chi connectivity index (χ1v) is 8.23. The summed E-state index contributed by atoms with van der Waals surface area (Å²) in [5, 5.41) is 6.97. The summed E-state index contributed by atoms with van der Waals surface area (Å²) in [5.74, 6) is 0.637. The van der Waals surface area contributed by atoms with Crippen LogP contribution in [0.25, 0.3) is 11.0 Å². The summed E-state index contributed by atoms with van der Waals surface area (Å²) >= 11 is 0. The third-order valence-electron chi connectivity index (χ3n) is 4.36. The van der Waals surface area contributed by atoms with Gasteiger partial charge in [-0.1, -0.05) is 0 Å². The highest BCUT2D eigenvalue weighted by Crippen LogP contribution is 2.21. The number of hydrogen-bond donors (Lipinski definition) is 2. The lowest BCUT2D eigenvalue weighted by atomic mass is 10.1. The third kappa shape index (κ3) is 4.32. The van der Waals surface area contributed by atoms with Crippen LogP contribution in [0.3, 0.4) is 0 Å². The van der Waals surface area contributed by atoms with E-state index in [1.807, 2.05) is 17.6 Å².